The molecule has 162 valence electrons. The minimum atomic E-state index is -0.516. The van der Waals surface area contributed by atoms with Gasteiger partial charge in [-0.25, -0.2) is 4.98 Å². The van der Waals surface area contributed by atoms with Crippen molar-refractivity contribution in [3.05, 3.63) is 76.3 Å². The van der Waals surface area contributed by atoms with E-state index in [1.807, 2.05) is 0 Å². The van der Waals surface area contributed by atoms with Gasteiger partial charge in [-0.2, -0.15) is 0 Å². The molecule has 10 heteroatoms. The lowest BCUT2D eigenvalue weighted by Gasteiger charge is -2.12. The molecule has 0 saturated heterocycles. The van der Waals surface area contributed by atoms with E-state index < -0.39 is 23.6 Å². The first-order valence-corrected chi connectivity index (χ1v) is 10.5. The Morgan fingerprint density at radius 2 is 1.81 bits per heavy atom. The highest BCUT2D eigenvalue weighted by Gasteiger charge is 2.35. The number of nitrogens with zero attached hydrogens (tertiary/aromatic N) is 2. The number of imide groups is 1. The molecule has 1 aliphatic heterocycles. The molecule has 2 N–H and O–H groups in total. The summed E-state index contributed by atoms with van der Waals surface area (Å²) in [5.74, 6) is -1.82. The van der Waals surface area contributed by atoms with Gasteiger partial charge < -0.3 is 10.1 Å². The molecule has 1 aliphatic rings. The fourth-order valence-electron chi connectivity index (χ4n) is 3.25. The van der Waals surface area contributed by atoms with Crippen LogP contribution >= 0.6 is 11.3 Å². The van der Waals surface area contributed by atoms with Gasteiger partial charge >= 0.3 is 0 Å². The molecular formula is C22H18N4O5S. The van der Waals surface area contributed by atoms with Crippen LogP contribution in [0.5, 0.6) is 0 Å². The Bertz CT molecular complexity index is 1210. The molecule has 0 saturated carbocycles. The lowest BCUT2D eigenvalue weighted by Crippen LogP contribution is -2.32. The smallest absolute Gasteiger partial charge is 0.261 e. The summed E-state index contributed by atoms with van der Waals surface area (Å²) >= 11 is 1.28. The van der Waals surface area contributed by atoms with Crippen molar-refractivity contribution in [1.29, 1.82) is 0 Å². The van der Waals surface area contributed by atoms with Crippen molar-refractivity contribution in [3.8, 4) is 0 Å². The van der Waals surface area contributed by atoms with Gasteiger partial charge in [-0.3, -0.25) is 29.4 Å². The zero-order valence-corrected chi connectivity index (χ0v) is 17.8. The summed E-state index contributed by atoms with van der Waals surface area (Å²) < 4.78 is 4.94. The molecule has 0 aliphatic carbocycles. The SMILES string of the molecule is COCCN1C(=O)c2ccc(C(=O)Nc3ccccc3C(=O)Nc3nccs3)cc2C1=O. The van der Waals surface area contributed by atoms with Crippen LogP contribution in [-0.4, -0.2) is 53.8 Å². The second kappa shape index (κ2) is 9.08. The van der Waals surface area contributed by atoms with Crippen LogP contribution in [0.25, 0.3) is 0 Å². The summed E-state index contributed by atoms with van der Waals surface area (Å²) in [7, 11) is 1.48. The van der Waals surface area contributed by atoms with E-state index >= 15 is 0 Å². The van der Waals surface area contributed by atoms with E-state index in [0.717, 1.165) is 4.90 Å². The number of carbonyl (C=O) groups is 4. The molecule has 0 spiro atoms. The largest absolute Gasteiger partial charge is 0.383 e. The van der Waals surface area contributed by atoms with E-state index in [9.17, 15) is 19.2 Å². The molecule has 2 aromatic carbocycles. The Morgan fingerprint density at radius 3 is 2.56 bits per heavy atom. The monoisotopic (exact) mass is 450 g/mol. The number of amides is 4. The van der Waals surface area contributed by atoms with Gasteiger partial charge in [0.15, 0.2) is 5.13 Å². The van der Waals surface area contributed by atoms with Crippen LogP contribution < -0.4 is 10.6 Å². The molecule has 32 heavy (non-hydrogen) atoms. The van der Waals surface area contributed by atoms with Gasteiger partial charge in [0.05, 0.1) is 35.5 Å². The third kappa shape index (κ3) is 4.13. The summed E-state index contributed by atoms with van der Waals surface area (Å²) in [6.45, 7) is 0.352. The first kappa shape index (κ1) is 21.3. The second-order valence-electron chi connectivity index (χ2n) is 6.81. The number of methoxy groups -OCH3 is 1. The maximum Gasteiger partial charge on any atom is 0.261 e. The number of rotatable bonds is 7. The van der Waals surface area contributed by atoms with Crippen molar-refractivity contribution in [2.45, 2.75) is 0 Å². The predicted molar refractivity (Wildman–Crippen MR) is 118 cm³/mol. The van der Waals surface area contributed by atoms with Crippen LogP contribution in [0.15, 0.2) is 54.0 Å². The van der Waals surface area contributed by atoms with E-state index in [1.54, 1.807) is 35.8 Å². The Kier molecular flexibility index (Phi) is 6.06. The van der Waals surface area contributed by atoms with E-state index in [2.05, 4.69) is 15.6 Å². The van der Waals surface area contributed by atoms with Gasteiger partial charge in [0.1, 0.15) is 0 Å². The average molecular weight is 450 g/mol. The molecule has 0 fully saturated rings. The number of aromatic nitrogens is 1. The number of hydrogen-bond acceptors (Lipinski definition) is 7. The molecule has 0 radical (unpaired) electrons. The van der Waals surface area contributed by atoms with Crippen LogP contribution in [-0.2, 0) is 4.74 Å². The molecule has 0 atom stereocenters. The molecule has 4 rings (SSSR count). The fraction of sp³-hybridized carbons (Fsp3) is 0.136. The number of hydrogen-bond donors (Lipinski definition) is 2. The van der Waals surface area contributed by atoms with Gasteiger partial charge in [0, 0.05) is 24.3 Å². The fourth-order valence-corrected chi connectivity index (χ4v) is 3.78. The third-order valence-electron chi connectivity index (χ3n) is 4.82. The molecule has 0 unspecified atom stereocenters. The molecular weight excluding hydrogens is 432 g/mol. The average Bonchev–Trinajstić information content (AvgIpc) is 3.39. The lowest BCUT2D eigenvalue weighted by atomic mass is 10.0. The number of anilines is 2. The van der Waals surface area contributed by atoms with Crippen LogP contribution in [0.2, 0.25) is 0 Å². The van der Waals surface area contributed by atoms with Crippen molar-refractivity contribution in [3.63, 3.8) is 0 Å². The van der Waals surface area contributed by atoms with E-state index in [1.165, 1.54) is 36.6 Å². The van der Waals surface area contributed by atoms with Crippen molar-refractivity contribution in [1.82, 2.24) is 9.88 Å². The van der Waals surface area contributed by atoms with E-state index in [4.69, 9.17) is 4.74 Å². The Hall–Kier alpha value is -3.89. The van der Waals surface area contributed by atoms with Gasteiger partial charge in [-0.15, -0.1) is 11.3 Å². The highest BCUT2D eigenvalue weighted by Crippen LogP contribution is 2.25. The zero-order valence-electron chi connectivity index (χ0n) is 17.0. The number of fused-ring (bicyclic) bond motifs is 1. The predicted octanol–water partition coefficient (Wildman–Crippen LogP) is 2.89. The third-order valence-corrected chi connectivity index (χ3v) is 5.51. The van der Waals surface area contributed by atoms with E-state index in [-0.39, 0.29) is 35.4 Å². The van der Waals surface area contributed by atoms with E-state index in [0.29, 0.717) is 10.8 Å². The maximum absolute atomic E-state index is 12.9. The maximum atomic E-state index is 12.9. The van der Waals surface area contributed by atoms with Crippen LogP contribution in [0.3, 0.4) is 0 Å². The standard InChI is InChI=1S/C22H18N4O5S/c1-31-10-9-26-20(29)14-7-6-13(12-16(14)21(26)30)18(27)24-17-5-3-2-4-15(17)19(28)25-22-23-8-11-32-22/h2-8,11-12H,9-10H2,1H3,(H,24,27)(H,23,25,28). The van der Waals surface area contributed by atoms with Crippen LogP contribution in [0, 0.1) is 0 Å². The summed E-state index contributed by atoms with van der Waals surface area (Å²) in [6, 6.07) is 10.9. The van der Waals surface area contributed by atoms with Crippen LogP contribution in [0.4, 0.5) is 10.8 Å². The Balaban J connectivity index is 1.54. The number of para-hydroxylation sites is 1. The first-order valence-electron chi connectivity index (χ1n) is 9.60. The lowest BCUT2D eigenvalue weighted by molar-refractivity contribution is 0.0603. The summed E-state index contributed by atoms with van der Waals surface area (Å²) in [4.78, 5) is 55.6. The van der Waals surface area contributed by atoms with Gasteiger partial charge in [0.25, 0.3) is 23.6 Å². The van der Waals surface area contributed by atoms with Crippen LogP contribution in [0.1, 0.15) is 41.4 Å². The minimum Gasteiger partial charge on any atom is -0.383 e. The van der Waals surface area contributed by atoms with Crippen molar-refractivity contribution in [2.75, 3.05) is 30.9 Å². The Morgan fingerprint density at radius 1 is 1.03 bits per heavy atom. The highest BCUT2D eigenvalue weighted by molar-refractivity contribution is 7.13. The van der Waals surface area contributed by atoms with Crippen molar-refractivity contribution >= 4 is 45.8 Å². The first-order chi connectivity index (χ1) is 15.5. The molecule has 3 aromatic rings. The number of carbonyl (C=O) groups excluding carboxylic acids is 4. The number of benzene rings is 2. The molecule has 9 nitrogen and oxygen atoms in total. The minimum absolute atomic E-state index is 0.131. The highest BCUT2D eigenvalue weighted by atomic mass is 32.1. The van der Waals surface area contributed by atoms with Crippen molar-refractivity contribution in [2.24, 2.45) is 0 Å². The molecule has 4 amide bonds. The molecule has 1 aromatic heterocycles. The zero-order chi connectivity index (χ0) is 22.7. The number of thiazole rings is 1. The summed E-state index contributed by atoms with van der Waals surface area (Å²) in [5.41, 5.74) is 1.15. The number of ether oxygens (including phenoxy) is 1. The summed E-state index contributed by atoms with van der Waals surface area (Å²) in [6.07, 6.45) is 1.57. The number of nitrogens with one attached hydrogen (secondary N) is 2. The normalized spacial score (nSPS) is 12.6. The quantitative estimate of drug-likeness (QED) is 0.535. The van der Waals surface area contributed by atoms with Crippen molar-refractivity contribution < 1.29 is 23.9 Å². The van der Waals surface area contributed by atoms with Gasteiger partial charge in [0.2, 0.25) is 0 Å². The summed E-state index contributed by atoms with van der Waals surface area (Å²) in [5, 5.41) is 7.56. The molecule has 0 bridgehead atoms. The van der Waals surface area contributed by atoms with Gasteiger partial charge in [-0.05, 0) is 30.3 Å². The second-order valence-corrected chi connectivity index (χ2v) is 7.70. The van der Waals surface area contributed by atoms with Gasteiger partial charge in [-0.1, -0.05) is 12.1 Å². The Labute approximate surface area is 187 Å². The molecule has 2 heterocycles. The topological polar surface area (TPSA) is 118 Å².